The van der Waals surface area contributed by atoms with E-state index in [9.17, 15) is 9.59 Å². The number of nitrogens with zero attached hydrogens (tertiary/aromatic N) is 1. The smallest absolute Gasteiger partial charge is 0.328 e. The van der Waals surface area contributed by atoms with Gasteiger partial charge in [-0.25, -0.2) is 4.79 Å². The Hall–Kier alpha value is -1.77. The second kappa shape index (κ2) is 9.18. The van der Waals surface area contributed by atoms with Gasteiger partial charge in [-0.3, -0.25) is 10.2 Å². The molecule has 0 bridgehead atoms. The van der Waals surface area contributed by atoms with Crippen molar-refractivity contribution in [2.45, 2.75) is 26.3 Å². The van der Waals surface area contributed by atoms with Crippen LogP contribution in [0.4, 0.5) is 0 Å². The van der Waals surface area contributed by atoms with E-state index in [0.717, 1.165) is 11.8 Å². The van der Waals surface area contributed by atoms with Crippen molar-refractivity contribution in [3.8, 4) is 0 Å². The lowest BCUT2D eigenvalue weighted by Crippen LogP contribution is -2.43. The van der Waals surface area contributed by atoms with Crippen LogP contribution in [0, 0.1) is 11.3 Å². The van der Waals surface area contributed by atoms with Crippen molar-refractivity contribution >= 4 is 34.8 Å². The molecule has 8 nitrogen and oxygen atoms in total. The number of amidine groups is 1. The van der Waals surface area contributed by atoms with Gasteiger partial charge in [-0.15, -0.1) is 0 Å². The number of guanidine groups is 1. The fourth-order valence-electron chi connectivity index (χ4n) is 1.35. The molecular weight excluding hydrogens is 282 g/mol. The van der Waals surface area contributed by atoms with Crippen LogP contribution in [-0.2, 0) is 14.3 Å². The number of methoxy groups -OCH3 is 1. The Morgan fingerprint density at radius 2 is 2.00 bits per heavy atom. The van der Waals surface area contributed by atoms with E-state index >= 15 is 0 Å². The van der Waals surface area contributed by atoms with Gasteiger partial charge in [0.25, 0.3) is 0 Å². The third-order valence-electron chi connectivity index (χ3n) is 2.10. The van der Waals surface area contributed by atoms with E-state index in [2.05, 4.69) is 15.0 Å². The number of nitrogens with one attached hydrogen (secondary N) is 2. The molecule has 0 aliphatic rings. The molecule has 1 amide bonds. The predicted octanol–water partition coefficient (Wildman–Crippen LogP) is -0.368. The second-order valence-electron chi connectivity index (χ2n) is 4.40. The van der Waals surface area contributed by atoms with E-state index in [1.165, 1.54) is 7.11 Å². The monoisotopic (exact) mass is 303 g/mol. The van der Waals surface area contributed by atoms with Gasteiger partial charge in [0, 0.05) is 0 Å². The van der Waals surface area contributed by atoms with Gasteiger partial charge in [0.15, 0.2) is 11.1 Å². The molecule has 20 heavy (non-hydrogen) atoms. The first-order valence-electron chi connectivity index (χ1n) is 5.94. The largest absolute Gasteiger partial charge is 0.467 e. The maximum Gasteiger partial charge on any atom is 0.328 e. The summed E-state index contributed by atoms with van der Waals surface area (Å²) in [5, 5.41) is 9.77. The molecule has 0 aromatic rings. The van der Waals surface area contributed by atoms with E-state index in [-0.39, 0.29) is 28.7 Å². The fraction of sp³-hybridized carbons (Fsp3) is 0.636. The van der Waals surface area contributed by atoms with Crippen molar-refractivity contribution in [2.24, 2.45) is 22.4 Å². The zero-order valence-corrected chi connectivity index (χ0v) is 12.6. The molecule has 0 saturated heterocycles. The molecule has 0 fully saturated rings. The minimum absolute atomic E-state index is 0.0544. The van der Waals surface area contributed by atoms with Crippen molar-refractivity contribution in [1.29, 1.82) is 5.41 Å². The molecule has 1 unspecified atom stereocenters. The lowest BCUT2D eigenvalue weighted by atomic mass is 10.0. The molecule has 0 aliphatic heterocycles. The quantitative estimate of drug-likeness (QED) is 0.299. The summed E-state index contributed by atoms with van der Waals surface area (Å²) in [6.07, 6.45) is 0.481. The highest BCUT2D eigenvalue weighted by molar-refractivity contribution is 8.14. The van der Waals surface area contributed by atoms with Gasteiger partial charge in [-0.2, -0.15) is 4.99 Å². The summed E-state index contributed by atoms with van der Waals surface area (Å²) in [7, 11) is 1.27. The SMILES string of the molecule is COC(=O)C(CC(C)C)NC(=O)CSC(=N)N=C(N)N. The maximum absolute atomic E-state index is 11.7. The molecule has 0 saturated carbocycles. The Morgan fingerprint density at radius 1 is 1.40 bits per heavy atom. The first kappa shape index (κ1) is 18.2. The second-order valence-corrected chi connectivity index (χ2v) is 5.37. The molecule has 9 heteroatoms. The van der Waals surface area contributed by atoms with Gasteiger partial charge in [-0.05, 0) is 12.3 Å². The highest BCUT2D eigenvalue weighted by Crippen LogP contribution is 2.08. The minimum atomic E-state index is -0.689. The maximum atomic E-state index is 11.7. The lowest BCUT2D eigenvalue weighted by Gasteiger charge is -2.18. The Labute approximate surface area is 122 Å². The number of aliphatic imine (C=N–C) groups is 1. The van der Waals surface area contributed by atoms with Crippen molar-refractivity contribution in [3.63, 3.8) is 0 Å². The summed E-state index contributed by atoms with van der Waals surface area (Å²) >= 11 is 0.865. The molecule has 0 heterocycles. The number of thioether (sulfide) groups is 1. The molecule has 0 aromatic carbocycles. The molecule has 0 aliphatic carbocycles. The lowest BCUT2D eigenvalue weighted by molar-refractivity contribution is -0.145. The highest BCUT2D eigenvalue weighted by atomic mass is 32.2. The molecule has 0 rings (SSSR count). The molecule has 0 radical (unpaired) electrons. The predicted molar refractivity (Wildman–Crippen MR) is 79.4 cm³/mol. The Bertz CT molecular complexity index is 394. The van der Waals surface area contributed by atoms with Gasteiger partial charge in [0.1, 0.15) is 6.04 Å². The van der Waals surface area contributed by atoms with Gasteiger partial charge < -0.3 is 21.5 Å². The third kappa shape index (κ3) is 8.35. The summed E-state index contributed by atoms with van der Waals surface area (Å²) < 4.78 is 4.63. The van der Waals surface area contributed by atoms with Crippen LogP contribution in [0.25, 0.3) is 0 Å². The van der Waals surface area contributed by atoms with Crippen LogP contribution >= 0.6 is 11.8 Å². The average molecular weight is 303 g/mol. The Balaban J connectivity index is 4.36. The Kier molecular flexibility index (Phi) is 8.37. The number of hydrogen-bond acceptors (Lipinski definition) is 5. The topological polar surface area (TPSA) is 144 Å². The average Bonchev–Trinajstić information content (AvgIpc) is 2.33. The first-order valence-corrected chi connectivity index (χ1v) is 6.93. The molecule has 6 N–H and O–H groups in total. The summed E-state index contributed by atoms with van der Waals surface area (Å²) in [4.78, 5) is 26.7. The number of hydrogen-bond donors (Lipinski definition) is 4. The van der Waals surface area contributed by atoms with E-state index < -0.39 is 12.0 Å². The van der Waals surface area contributed by atoms with Gasteiger partial charge >= 0.3 is 5.97 Å². The van der Waals surface area contributed by atoms with Gasteiger partial charge in [0.2, 0.25) is 5.91 Å². The van der Waals surface area contributed by atoms with Crippen molar-refractivity contribution in [2.75, 3.05) is 12.9 Å². The number of esters is 1. The van der Waals surface area contributed by atoms with Crippen LogP contribution in [-0.4, -0.2) is 41.9 Å². The molecular formula is C11H21N5O3S. The van der Waals surface area contributed by atoms with Gasteiger partial charge in [0.05, 0.1) is 12.9 Å². The van der Waals surface area contributed by atoms with Crippen LogP contribution in [0.15, 0.2) is 4.99 Å². The summed E-state index contributed by atoms with van der Waals surface area (Å²) in [5.74, 6) is -0.943. The number of ether oxygens (including phenoxy) is 1. The number of carbonyl (C=O) groups excluding carboxylic acids is 2. The summed E-state index contributed by atoms with van der Waals surface area (Å²) in [6.45, 7) is 3.87. The Morgan fingerprint density at radius 3 is 2.45 bits per heavy atom. The van der Waals surface area contributed by atoms with Crippen molar-refractivity contribution < 1.29 is 14.3 Å². The van der Waals surface area contributed by atoms with E-state index in [1.807, 2.05) is 13.8 Å². The van der Waals surface area contributed by atoms with Crippen molar-refractivity contribution in [3.05, 3.63) is 0 Å². The van der Waals surface area contributed by atoms with E-state index in [1.54, 1.807) is 0 Å². The minimum Gasteiger partial charge on any atom is -0.467 e. The normalized spacial score (nSPS) is 11.6. The number of amides is 1. The fourth-order valence-corrected chi connectivity index (χ4v) is 1.87. The van der Waals surface area contributed by atoms with Crippen LogP contribution < -0.4 is 16.8 Å². The zero-order chi connectivity index (χ0) is 15.7. The van der Waals surface area contributed by atoms with E-state index in [4.69, 9.17) is 16.9 Å². The molecule has 114 valence electrons. The van der Waals surface area contributed by atoms with Crippen LogP contribution in [0.2, 0.25) is 0 Å². The standard InChI is InChI=1S/C11H21N5O3S/c1-6(2)4-7(9(18)19-3)15-8(17)5-20-11(14)16-10(12)13/h6-7H,4-5H2,1-3H3,(H,15,17)(H5,12,13,14,16). The third-order valence-corrected chi connectivity index (χ3v) is 2.87. The highest BCUT2D eigenvalue weighted by Gasteiger charge is 2.22. The first-order chi connectivity index (χ1) is 9.26. The van der Waals surface area contributed by atoms with Crippen LogP contribution in [0.3, 0.4) is 0 Å². The summed E-state index contributed by atoms with van der Waals surface area (Å²) in [6, 6.07) is -0.689. The zero-order valence-electron chi connectivity index (χ0n) is 11.8. The van der Waals surface area contributed by atoms with Crippen LogP contribution in [0.5, 0.6) is 0 Å². The molecule has 0 spiro atoms. The molecule has 0 aromatic heterocycles. The van der Waals surface area contributed by atoms with E-state index in [0.29, 0.717) is 6.42 Å². The van der Waals surface area contributed by atoms with Crippen LogP contribution in [0.1, 0.15) is 20.3 Å². The number of carbonyl (C=O) groups is 2. The van der Waals surface area contributed by atoms with Crippen molar-refractivity contribution in [1.82, 2.24) is 5.32 Å². The number of nitrogens with two attached hydrogens (primary N) is 2. The summed E-state index contributed by atoms with van der Waals surface area (Å²) in [5.41, 5.74) is 10.2. The molecule has 1 atom stereocenters. The van der Waals surface area contributed by atoms with Gasteiger partial charge in [-0.1, -0.05) is 25.6 Å². The number of rotatable bonds is 6.